The number of primary amides is 2. The average molecular weight is 287 g/mol. The minimum atomic E-state index is -1.59. The van der Waals surface area contributed by atoms with Gasteiger partial charge in [0.05, 0.1) is 0 Å². The van der Waals surface area contributed by atoms with E-state index in [9.17, 15) is 14.4 Å². The second-order valence-electron chi connectivity index (χ2n) is 5.16. The van der Waals surface area contributed by atoms with E-state index >= 15 is 0 Å². The summed E-state index contributed by atoms with van der Waals surface area (Å²) in [5, 5.41) is 0. The largest absolute Gasteiger partial charge is 0.367 e. The fourth-order valence-corrected chi connectivity index (χ4v) is 2.58. The molecule has 1 aromatic rings. The Kier molecular flexibility index (Phi) is 3.55. The number of hydrogen-bond donors (Lipinski definition) is 2. The molecule has 1 atom stereocenters. The van der Waals surface area contributed by atoms with Crippen molar-refractivity contribution in [2.45, 2.75) is 25.9 Å². The van der Waals surface area contributed by atoms with Crippen LogP contribution in [-0.4, -0.2) is 28.0 Å². The second kappa shape index (κ2) is 5.05. The van der Waals surface area contributed by atoms with Crippen molar-refractivity contribution in [2.75, 3.05) is 0 Å². The predicted octanol–water partition coefficient (Wildman–Crippen LogP) is 0.0746. The van der Waals surface area contributed by atoms with Crippen LogP contribution in [0.5, 0.6) is 0 Å². The van der Waals surface area contributed by atoms with E-state index in [2.05, 4.69) is 0 Å². The molecule has 0 bridgehead atoms. The lowest BCUT2D eigenvalue weighted by Gasteiger charge is -2.34. The molecular formula is C15H17N3O3. The van der Waals surface area contributed by atoms with Gasteiger partial charge in [-0.3, -0.25) is 14.4 Å². The number of amides is 2. The Bertz CT molecular complexity index is 651. The van der Waals surface area contributed by atoms with Gasteiger partial charge in [-0.25, -0.2) is 0 Å². The molecule has 110 valence electrons. The molecule has 0 saturated heterocycles. The highest BCUT2D eigenvalue weighted by Gasteiger charge is 2.53. The highest BCUT2D eigenvalue weighted by molar-refractivity contribution is 6.30. The number of benzene rings is 1. The molecule has 1 aliphatic rings. The average Bonchev–Trinajstić information content (AvgIpc) is 2.62. The first kappa shape index (κ1) is 14.8. The van der Waals surface area contributed by atoms with E-state index in [0.717, 1.165) is 5.56 Å². The van der Waals surface area contributed by atoms with Crippen LogP contribution in [0.2, 0.25) is 0 Å². The van der Waals surface area contributed by atoms with Gasteiger partial charge in [-0.1, -0.05) is 30.3 Å². The summed E-state index contributed by atoms with van der Waals surface area (Å²) in [5.41, 5.74) is 10.2. The first-order valence-corrected chi connectivity index (χ1v) is 6.47. The lowest BCUT2D eigenvalue weighted by molar-refractivity contribution is -0.137. The van der Waals surface area contributed by atoms with Crippen LogP contribution in [0, 0.1) is 0 Å². The maximum atomic E-state index is 12.4. The van der Waals surface area contributed by atoms with Gasteiger partial charge in [0.1, 0.15) is 5.57 Å². The maximum absolute atomic E-state index is 12.4. The Labute approximate surface area is 122 Å². The number of hydrogen-bond acceptors (Lipinski definition) is 4. The molecule has 1 aromatic carbocycles. The number of carbonyl (C=O) groups excluding carboxylic acids is 3. The summed E-state index contributed by atoms with van der Waals surface area (Å²) in [6, 6.07) is 9.29. The number of allylic oxidation sites excluding steroid dienone is 1. The van der Waals surface area contributed by atoms with Crippen molar-refractivity contribution in [3.8, 4) is 0 Å². The van der Waals surface area contributed by atoms with Crippen LogP contribution in [0.4, 0.5) is 0 Å². The summed E-state index contributed by atoms with van der Waals surface area (Å²) in [4.78, 5) is 37.3. The van der Waals surface area contributed by atoms with Crippen LogP contribution in [0.3, 0.4) is 0 Å². The molecule has 0 aromatic heterocycles. The zero-order valence-corrected chi connectivity index (χ0v) is 11.9. The van der Waals surface area contributed by atoms with Crippen LogP contribution in [0.15, 0.2) is 41.6 Å². The van der Waals surface area contributed by atoms with Crippen LogP contribution < -0.4 is 11.5 Å². The number of carbonyl (C=O) groups is 3. The molecular weight excluding hydrogens is 270 g/mol. The van der Waals surface area contributed by atoms with Gasteiger partial charge in [0.2, 0.25) is 5.78 Å². The maximum Gasteiger partial charge on any atom is 0.254 e. The smallest absolute Gasteiger partial charge is 0.254 e. The summed E-state index contributed by atoms with van der Waals surface area (Å²) >= 11 is 0. The predicted molar refractivity (Wildman–Crippen MR) is 76.5 cm³/mol. The molecule has 4 N–H and O–H groups in total. The molecule has 6 heteroatoms. The van der Waals surface area contributed by atoms with Crippen molar-refractivity contribution in [1.82, 2.24) is 4.90 Å². The first-order valence-electron chi connectivity index (χ1n) is 6.47. The Morgan fingerprint density at radius 1 is 1.19 bits per heavy atom. The van der Waals surface area contributed by atoms with Crippen LogP contribution in [0.25, 0.3) is 0 Å². The van der Waals surface area contributed by atoms with E-state index < -0.39 is 23.1 Å². The van der Waals surface area contributed by atoms with Gasteiger partial charge in [-0.2, -0.15) is 0 Å². The zero-order valence-electron chi connectivity index (χ0n) is 11.9. The monoisotopic (exact) mass is 287 g/mol. The number of nitrogens with zero attached hydrogens (tertiary/aromatic N) is 1. The summed E-state index contributed by atoms with van der Waals surface area (Å²) < 4.78 is 0. The molecule has 1 aliphatic heterocycles. The minimum absolute atomic E-state index is 0.160. The molecule has 0 fully saturated rings. The van der Waals surface area contributed by atoms with Gasteiger partial charge in [0.15, 0.2) is 5.54 Å². The van der Waals surface area contributed by atoms with Gasteiger partial charge < -0.3 is 16.4 Å². The summed E-state index contributed by atoms with van der Waals surface area (Å²) in [7, 11) is 0. The molecule has 0 saturated carbocycles. The quantitative estimate of drug-likeness (QED) is 0.604. The molecule has 0 aliphatic carbocycles. The van der Waals surface area contributed by atoms with Crippen molar-refractivity contribution in [3.05, 3.63) is 47.2 Å². The normalized spacial score (nSPS) is 21.8. The summed E-state index contributed by atoms with van der Waals surface area (Å²) in [6.07, 6.45) is 0. The van der Waals surface area contributed by atoms with Gasteiger partial charge in [0.25, 0.3) is 11.8 Å². The van der Waals surface area contributed by atoms with Crippen molar-refractivity contribution < 1.29 is 14.4 Å². The van der Waals surface area contributed by atoms with E-state index in [-0.39, 0.29) is 12.1 Å². The second-order valence-corrected chi connectivity index (χ2v) is 5.16. The minimum Gasteiger partial charge on any atom is -0.367 e. The van der Waals surface area contributed by atoms with E-state index in [0.29, 0.717) is 5.70 Å². The van der Waals surface area contributed by atoms with Crippen LogP contribution >= 0.6 is 0 Å². The van der Waals surface area contributed by atoms with Crippen LogP contribution in [0.1, 0.15) is 19.4 Å². The van der Waals surface area contributed by atoms with Crippen molar-refractivity contribution in [1.29, 1.82) is 0 Å². The van der Waals surface area contributed by atoms with Crippen molar-refractivity contribution >= 4 is 17.6 Å². The molecule has 0 radical (unpaired) electrons. The van der Waals surface area contributed by atoms with Crippen LogP contribution in [-0.2, 0) is 20.9 Å². The molecule has 21 heavy (non-hydrogen) atoms. The molecule has 0 spiro atoms. The first-order chi connectivity index (χ1) is 9.80. The van der Waals surface area contributed by atoms with Gasteiger partial charge in [-0.15, -0.1) is 0 Å². The number of nitrogens with two attached hydrogens (primary N) is 2. The highest BCUT2D eigenvalue weighted by Crippen LogP contribution is 2.35. The fraction of sp³-hybridized carbons (Fsp3) is 0.267. The molecule has 2 rings (SSSR count). The third-order valence-electron chi connectivity index (χ3n) is 3.89. The summed E-state index contributed by atoms with van der Waals surface area (Å²) in [5.74, 6) is -2.30. The van der Waals surface area contributed by atoms with Gasteiger partial charge in [-0.05, 0) is 19.4 Å². The number of rotatable bonds is 4. The fourth-order valence-electron chi connectivity index (χ4n) is 2.58. The Morgan fingerprint density at radius 2 is 1.76 bits per heavy atom. The third kappa shape index (κ3) is 2.18. The van der Waals surface area contributed by atoms with Crippen molar-refractivity contribution in [3.63, 3.8) is 0 Å². The highest BCUT2D eigenvalue weighted by atomic mass is 16.2. The van der Waals surface area contributed by atoms with E-state index in [4.69, 9.17) is 11.5 Å². The Morgan fingerprint density at radius 3 is 2.24 bits per heavy atom. The zero-order chi connectivity index (χ0) is 15.8. The Hall–Kier alpha value is -2.63. The standard InChI is InChI=1S/C15H17N3O3/c1-9-11(13(16)20)12(19)15(2,14(17)21)18(9)8-10-6-4-3-5-7-10/h3-7H,8H2,1-2H3,(H2,16,20)(H2,17,21). The topological polar surface area (TPSA) is 106 Å². The number of ketones is 1. The molecule has 2 amide bonds. The molecule has 1 unspecified atom stereocenters. The van der Waals surface area contributed by atoms with E-state index in [1.54, 1.807) is 6.92 Å². The summed E-state index contributed by atoms with van der Waals surface area (Å²) in [6.45, 7) is 3.30. The lowest BCUT2D eigenvalue weighted by Crippen LogP contribution is -2.56. The SMILES string of the molecule is CC1=C(C(N)=O)C(=O)C(C)(C(N)=O)N1Cc1ccccc1. The third-order valence-corrected chi connectivity index (χ3v) is 3.89. The van der Waals surface area contributed by atoms with E-state index in [1.807, 2.05) is 30.3 Å². The Balaban J connectivity index is 2.51. The van der Waals surface area contributed by atoms with Crippen molar-refractivity contribution in [2.24, 2.45) is 11.5 Å². The van der Waals surface area contributed by atoms with Gasteiger partial charge in [0, 0.05) is 12.2 Å². The molecule has 6 nitrogen and oxygen atoms in total. The number of Topliss-reactive ketones (excluding diaryl/α,β-unsaturated/α-hetero) is 1. The van der Waals surface area contributed by atoms with E-state index in [1.165, 1.54) is 11.8 Å². The lowest BCUT2D eigenvalue weighted by atomic mass is 9.92. The molecule has 1 heterocycles. The van der Waals surface area contributed by atoms with Gasteiger partial charge >= 0.3 is 0 Å².